The van der Waals surface area contributed by atoms with Crippen LogP contribution in [0, 0.1) is 23.3 Å². The van der Waals surface area contributed by atoms with Crippen LogP contribution < -0.4 is 21.2 Å². The van der Waals surface area contributed by atoms with Crippen molar-refractivity contribution in [2.75, 3.05) is 13.7 Å². The molecule has 1 heterocycles. The summed E-state index contributed by atoms with van der Waals surface area (Å²) in [4.78, 5) is 27.2. The van der Waals surface area contributed by atoms with E-state index in [0.717, 1.165) is 0 Å². The average Bonchev–Trinajstić information content (AvgIpc) is 3.26. The van der Waals surface area contributed by atoms with Gasteiger partial charge in [0.15, 0.2) is 12.4 Å². The average molecular weight is 843 g/mol. The second kappa shape index (κ2) is 19.6. The molecule has 59 heavy (non-hydrogen) atoms. The third kappa shape index (κ3) is 10.5. The number of hydrogen-bond acceptors (Lipinski definition) is 8. The second-order valence-electron chi connectivity index (χ2n) is 13.1. The Kier molecular flexibility index (Phi) is 13.9. The molecule has 0 aliphatic carbocycles. The van der Waals surface area contributed by atoms with Gasteiger partial charge in [-0.3, -0.25) is 0 Å². The van der Waals surface area contributed by atoms with E-state index in [1.54, 1.807) is 60.7 Å². The highest BCUT2D eigenvalue weighted by atomic mass is 31.1. The topological polar surface area (TPSA) is 89.5 Å². The van der Waals surface area contributed by atoms with E-state index in [1.807, 2.05) is 0 Å². The van der Waals surface area contributed by atoms with Gasteiger partial charge in [0.25, 0.3) is 0 Å². The molecular formula is C45H36F4O8P2. The van der Waals surface area contributed by atoms with Crippen LogP contribution in [0.25, 0.3) is 0 Å². The lowest BCUT2D eigenvalue weighted by molar-refractivity contribution is -0.283. The first-order valence-electron chi connectivity index (χ1n) is 18.3. The number of halogens is 4. The predicted molar refractivity (Wildman–Crippen MR) is 216 cm³/mol. The van der Waals surface area contributed by atoms with Crippen LogP contribution in [-0.4, -0.2) is 56.4 Å². The van der Waals surface area contributed by atoms with Crippen molar-refractivity contribution in [2.45, 2.75) is 30.7 Å². The SMILES string of the molecule is CO[C@H]1O[C@H](COC(=O)c2ccccc2)[C@@H](OP(c2ccc(F)cc2)c2ccc(F)cc2)[C@H](OP(c2ccc(F)cc2)c2ccc(F)cc2)[C@H]1OC(=O)c1ccccc1. The maximum atomic E-state index is 14.3. The fourth-order valence-corrected chi connectivity index (χ4v) is 9.99. The smallest absolute Gasteiger partial charge is 0.338 e. The van der Waals surface area contributed by atoms with Crippen LogP contribution in [0.3, 0.4) is 0 Å². The van der Waals surface area contributed by atoms with Crippen LogP contribution in [0.1, 0.15) is 20.7 Å². The first kappa shape index (κ1) is 41.8. The van der Waals surface area contributed by atoms with Gasteiger partial charge in [-0.1, -0.05) is 36.4 Å². The van der Waals surface area contributed by atoms with Crippen LogP contribution in [-0.2, 0) is 28.0 Å². The van der Waals surface area contributed by atoms with Gasteiger partial charge in [0.1, 0.15) is 48.2 Å². The summed E-state index contributed by atoms with van der Waals surface area (Å²) in [6.45, 7) is -0.418. The van der Waals surface area contributed by atoms with E-state index in [4.69, 9.17) is 28.0 Å². The Bertz CT molecular complexity index is 2200. The summed E-state index contributed by atoms with van der Waals surface area (Å²) in [6, 6.07) is 38.8. The molecule has 0 amide bonds. The van der Waals surface area contributed by atoms with Crippen LogP contribution in [0.4, 0.5) is 17.6 Å². The van der Waals surface area contributed by atoms with Gasteiger partial charge in [0, 0.05) is 28.3 Å². The van der Waals surface area contributed by atoms with Gasteiger partial charge in [0.2, 0.25) is 0 Å². The van der Waals surface area contributed by atoms with Crippen molar-refractivity contribution in [3.63, 3.8) is 0 Å². The molecule has 302 valence electrons. The fraction of sp³-hybridized carbons (Fsp3) is 0.156. The Labute approximate surface area is 340 Å². The monoisotopic (exact) mass is 842 g/mol. The lowest BCUT2D eigenvalue weighted by Gasteiger charge is -2.46. The first-order chi connectivity index (χ1) is 28.7. The summed E-state index contributed by atoms with van der Waals surface area (Å²) >= 11 is 0. The van der Waals surface area contributed by atoms with Gasteiger partial charge in [-0.2, -0.15) is 0 Å². The quantitative estimate of drug-likeness (QED) is 0.0623. The number of carbonyl (C=O) groups excluding carboxylic acids is 2. The van der Waals surface area contributed by atoms with E-state index in [-0.39, 0.29) is 11.1 Å². The molecule has 14 heteroatoms. The minimum absolute atomic E-state index is 0.205. The molecule has 1 fully saturated rings. The molecule has 8 nitrogen and oxygen atoms in total. The number of rotatable bonds is 14. The van der Waals surface area contributed by atoms with E-state index in [1.165, 1.54) is 104 Å². The number of carbonyl (C=O) groups is 2. The van der Waals surface area contributed by atoms with E-state index in [9.17, 15) is 27.2 Å². The summed E-state index contributed by atoms with van der Waals surface area (Å²) in [7, 11) is -2.62. The molecule has 6 aromatic rings. The molecule has 0 N–H and O–H groups in total. The maximum absolute atomic E-state index is 14.3. The third-order valence-corrected chi connectivity index (χ3v) is 13.1. The standard InChI is InChI=1S/C45H36F4O8P2/c1-52-45-42(55-44(51)30-10-6-3-7-11-30)41(57-59(37-24-16-33(48)17-25-37)38-26-18-34(49)19-27-38)40(39(54-45)28-53-43(50)29-8-4-2-5-9-29)56-58(35-20-12-31(46)13-21-35)36-22-14-32(47)15-23-36/h2-27,39-42,45H,28H2,1H3/t39-,40-,41+,42-,45+/m1/s1. The van der Waals surface area contributed by atoms with Gasteiger partial charge in [-0.25, -0.2) is 27.2 Å². The van der Waals surface area contributed by atoms with Gasteiger partial charge in [-0.05, 0) is 121 Å². The molecule has 0 saturated carbocycles. The molecule has 1 saturated heterocycles. The Hall–Kier alpha value is -5.32. The maximum Gasteiger partial charge on any atom is 0.338 e. The zero-order valence-electron chi connectivity index (χ0n) is 31.3. The first-order valence-corrected chi connectivity index (χ1v) is 20.8. The van der Waals surface area contributed by atoms with Crippen LogP contribution in [0.5, 0.6) is 0 Å². The van der Waals surface area contributed by atoms with Crippen LogP contribution in [0.15, 0.2) is 158 Å². The second-order valence-corrected chi connectivity index (χ2v) is 16.8. The van der Waals surface area contributed by atoms with Gasteiger partial charge in [-0.15, -0.1) is 0 Å². The molecule has 0 spiro atoms. The molecule has 0 bridgehead atoms. The Balaban J connectivity index is 1.38. The van der Waals surface area contributed by atoms with Crippen molar-refractivity contribution in [3.8, 4) is 0 Å². The summed E-state index contributed by atoms with van der Waals surface area (Å²) in [5.41, 5.74) is 0.472. The van der Waals surface area contributed by atoms with Crippen LogP contribution >= 0.6 is 16.3 Å². The number of benzene rings is 6. The van der Waals surface area contributed by atoms with Gasteiger partial charge >= 0.3 is 11.9 Å². The molecule has 7 rings (SSSR count). The highest BCUT2D eigenvalue weighted by molar-refractivity contribution is 7.69. The van der Waals surface area contributed by atoms with Crippen molar-refractivity contribution < 1.29 is 55.1 Å². The van der Waals surface area contributed by atoms with Crippen molar-refractivity contribution in [1.29, 1.82) is 0 Å². The molecule has 6 aromatic carbocycles. The molecule has 0 unspecified atom stereocenters. The Morgan fingerprint density at radius 2 is 0.881 bits per heavy atom. The Morgan fingerprint density at radius 1 is 0.508 bits per heavy atom. The van der Waals surface area contributed by atoms with Crippen molar-refractivity contribution in [1.82, 2.24) is 0 Å². The fourth-order valence-electron chi connectivity index (χ4n) is 6.25. The van der Waals surface area contributed by atoms with Crippen molar-refractivity contribution in [2.24, 2.45) is 0 Å². The van der Waals surface area contributed by atoms with E-state index < -0.39 is 88.8 Å². The van der Waals surface area contributed by atoms with E-state index >= 15 is 0 Å². The predicted octanol–water partition coefficient (Wildman–Crippen LogP) is 7.86. The third-order valence-electron chi connectivity index (χ3n) is 9.16. The van der Waals surface area contributed by atoms with Crippen molar-refractivity contribution in [3.05, 3.63) is 192 Å². The van der Waals surface area contributed by atoms with Crippen molar-refractivity contribution >= 4 is 49.5 Å². The normalized spacial score (nSPS) is 19.1. The lowest BCUT2D eigenvalue weighted by atomic mass is 9.99. The van der Waals surface area contributed by atoms with E-state index in [2.05, 4.69) is 0 Å². The molecule has 1 aliphatic rings. The van der Waals surface area contributed by atoms with Crippen LogP contribution in [0.2, 0.25) is 0 Å². The zero-order valence-corrected chi connectivity index (χ0v) is 33.1. The highest BCUT2D eigenvalue weighted by Crippen LogP contribution is 2.46. The molecule has 1 aliphatic heterocycles. The largest absolute Gasteiger partial charge is 0.459 e. The lowest BCUT2D eigenvalue weighted by Crippen LogP contribution is -2.62. The summed E-state index contributed by atoms with van der Waals surface area (Å²) in [5.74, 6) is -3.44. The van der Waals surface area contributed by atoms with Gasteiger partial charge in [0.05, 0.1) is 27.4 Å². The number of esters is 2. The molecule has 5 atom stereocenters. The summed E-state index contributed by atoms with van der Waals surface area (Å²) in [6.07, 6.45) is -6.52. The molecule has 0 radical (unpaired) electrons. The highest BCUT2D eigenvalue weighted by Gasteiger charge is 2.52. The Morgan fingerprint density at radius 3 is 1.27 bits per heavy atom. The minimum Gasteiger partial charge on any atom is -0.459 e. The number of ether oxygens (including phenoxy) is 4. The van der Waals surface area contributed by atoms with Gasteiger partial charge < -0.3 is 28.0 Å². The summed E-state index contributed by atoms with van der Waals surface area (Å²) < 4.78 is 95.8. The summed E-state index contributed by atoms with van der Waals surface area (Å²) in [5, 5.41) is 2.04. The number of methoxy groups -OCH3 is 1. The zero-order chi connectivity index (χ0) is 41.3. The molecule has 0 aromatic heterocycles. The number of hydrogen-bond donors (Lipinski definition) is 0. The minimum atomic E-state index is -1.99. The molecular weight excluding hydrogens is 806 g/mol. The van der Waals surface area contributed by atoms with E-state index in [0.29, 0.717) is 21.2 Å².